The number of benzene rings is 3. The predicted octanol–water partition coefficient (Wildman–Crippen LogP) is 5.09. The lowest BCUT2D eigenvalue weighted by Crippen LogP contribution is -2.44. The summed E-state index contributed by atoms with van der Waals surface area (Å²) in [5.74, 6) is 1.21. The molecule has 3 atom stereocenters. The smallest absolute Gasteiger partial charge is 0.232 e. The number of nitrogens with zero attached hydrogens (tertiary/aromatic N) is 2. The summed E-state index contributed by atoms with van der Waals surface area (Å²) in [6.45, 7) is 7.45. The second-order valence-corrected chi connectivity index (χ2v) is 12.8. The van der Waals surface area contributed by atoms with Gasteiger partial charge in [0.15, 0.2) is 11.5 Å². The maximum Gasteiger partial charge on any atom is 0.232 e. The number of ether oxygens (including phenoxy) is 2. The Balaban J connectivity index is 1.46. The summed E-state index contributed by atoms with van der Waals surface area (Å²) < 4.78 is 11.7. The first kappa shape index (κ1) is 32.3. The third-order valence-corrected chi connectivity index (χ3v) is 9.18. The van der Waals surface area contributed by atoms with Crippen LogP contribution >= 0.6 is 11.6 Å². The fraction of sp³-hybridized carbons (Fsp3) is 0.457. The Morgan fingerprint density at radius 1 is 1.02 bits per heavy atom. The second-order valence-electron chi connectivity index (χ2n) is 12.4. The fourth-order valence-corrected chi connectivity index (χ4v) is 6.68. The Morgan fingerprint density at radius 2 is 1.68 bits per heavy atom. The standard InChI is InChI=1S/C35H43ClN2O6/c1-22(2)44-32-19-30-24(17-31(32)43-4)18-33(41)38(34(30)23-5-9-27(36)10-6-23)28-11-7-25(8-12-28)35(3,42)26-13-15-37(16-14-26)20-29(40)21-39/h5-12,17,19,22,26,29,34,39-40,42H,13-16,18,20-21H2,1-4H3/t29-,34+,35?/m1/s1. The van der Waals surface area contributed by atoms with Gasteiger partial charge in [0.05, 0.1) is 44.0 Å². The Bertz CT molecular complexity index is 1430. The number of rotatable bonds is 10. The zero-order valence-electron chi connectivity index (χ0n) is 25.9. The van der Waals surface area contributed by atoms with Crippen molar-refractivity contribution in [2.24, 2.45) is 5.92 Å². The number of piperidine rings is 1. The average molecular weight is 623 g/mol. The zero-order valence-corrected chi connectivity index (χ0v) is 26.6. The molecule has 3 aromatic carbocycles. The first-order valence-electron chi connectivity index (χ1n) is 15.3. The number of β-amino-alcohol motifs (C(OH)–C–C–N with tert-alkyl or cyclic N) is 1. The van der Waals surface area contributed by atoms with E-state index >= 15 is 0 Å². The highest BCUT2D eigenvalue weighted by molar-refractivity contribution is 6.30. The van der Waals surface area contributed by atoms with Gasteiger partial charge in [0, 0.05) is 17.3 Å². The van der Waals surface area contributed by atoms with Crippen molar-refractivity contribution in [2.75, 3.05) is 38.3 Å². The number of fused-ring (bicyclic) bond motifs is 1. The molecule has 9 heteroatoms. The molecule has 1 fully saturated rings. The molecule has 0 radical (unpaired) electrons. The van der Waals surface area contributed by atoms with Crippen molar-refractivity contribution in [1.29, 1.82) is 0 Å². The van der Waals surface area contributed by atoms with Crippen molar-refractivity contribution in [3.05, 3.63) is 87.9 Å². The normalized spacial score (nSPS) is 19.9. The second kappa shape index (κ2) is 13.5. The molecule has 236 valence electrons. The van der Waals surface area contributed by atoms with Gasteiger partial charge in [-0.05, 0) is 111 Å². The minimum Gasteiger partial charge on any atom is -0.493 e. The number of hydrogen-bond donors (Lipinski definition) is 3. The van der Waals surface area contributed by atoms with Gasteiger partial charge in [-0.2, -0.15) is 0 Å². The maximum atomic E-state index is 13.9. The van der Waals surface area contributed by atoms with Crippen molar-refractivity contribution in [1.82, 2.24) is 4.90 Å². The summed E-state index contributed by atoms with van der Waals surface area (Å²) in [7, 11) is 1.60. The number of hydrogen-bond acceptors (Lipinski definition) is 7. The van der Waals surface area contributed by atoms with Crippen molar-refractivity contribution >= 4 is 23.2 Å². The quantitative estimate of drug-likeness (QED) is 0.290. The van der Waals surface area contributed by atoms with Crippen molar-refractivity contribution in [3.8, 4) is 11.5 Å². The van der Waals surface area contributed by atoms with Gasteiger partial charge < -0.3 is 34.6 Å². The molecule has 0 bridgehead atoms. The molecule has 0 aromatic heterocycles. The molecule has 0 spiro atoms. The number of carbonyl (C=O) groups excluding carboxylic acids is 1. The number of carbonyl (C=O) groups is 1. The first-order chi connectivity index (χ1) is 21.0. The van der Waals surface area contributed by atoms with Gasteiger partial charge in [-0.3, -0.25) is 4.79 Å². The number of aliphatic hydroxyl groups excluding tert-OH is 2. The number of methoxy groups -OCH3 is 1. The van der Waals surface area contributed by atoms with Crippen LogP contribution in [0.3, 0.4) is 0 Å². The van der Waals surface area contributed by atoms with E-state index in [1.165, 1.54) is 0 Å². The molecule has 3 aromatic rings. The maximum absolute atomic E-state index is 13.9. The summed E-state index contributed by atoms with van der Waals surface area (Å²) in [5, 5.41) is 31.3. The van der Waals surface area contributed by atoms with Crippen LogP contribution in [0.15, 0.2) is 60.7 Å². The van der Waals surface area contributed by atoms with Crippen molar-refractivity contribution in [2.45, 2.75) is 63.9 Å². The van der Waals surface area contributed by atoms with Gasteiger partial charge in [-0.25, -0.2) is 0 Å². The molecule has 1 saturated heterocycles. The molecule has 2 aliphatic heterocycles. The Kier molecular flexibility index (Phi) is 9.87. The highest BCUT2D eigenvalue weighted by Crippen LogP contribution is 2.44. The molecule has 2 heterocycles. The Hall–Kier alpha value is -3.14. The van der Waals surface area contributed by atoms with Gasteiger partial charge in [0.25, 0.3) is 0 Å². The lowest BCUT2D eigenvalue weighted by molar-refractivity contribution is -0.118. The number of likely N-dealkylation sites (tertiary alicyclic amines) is 1. The summed E-state index contributed by atoms with van der Waals surface area (Å²) in [6, 6.07) is 18.7. The van der Waals surface area contributed by atoms with Gasteiger partial charge in [-0.1, -0.05) is 35.9 Å². The number of anilines is 1. The number of aliphatic hydroxyl groups is 3. The van der Waals surface area contributed by atoms with Crippen LogP contribution < -0.4 is 14.4 Å². The van der Waals surface area contributed by atoms with E-state index in [1.54, 1.807) is 7.11 Å². The van der Waals surface area contributed by atoms with Gasteiger partial charge in [-0.15, -0.1) is 0 Å². The highest BCUT2D eigenvalue weighted by Gasteiger charge is 2.38. The molecule has 2 aliphatic rings. The Labute approximate surface area is 264 Å². The first-order valence-corrected chi connectivity index (χ1v) is 15.7. The van der Waals surface area contributed by atoms with E-state index in [0.717, 1.165) is 53.9 Å². The lowest BCUT2D eigenvalue weighted by Gasteiger charge is -2.41. The molecule has 0 aliphatic carbocycles. The zero-order chi connectivity index (χ0) is 31.6. The summed E-state index contributed by atoms with van der Waals surface area (Å²) >= 11 is 6.25. The topological polar surface area (TPSA) is 103 Å². The summed E-state index contributed by atoms with van der Waals surface area (Å²) in [6.07, 6.45) is 0.948. The Morgan fingerprint density at radius 3 is 2.27 bits per heavy atom. The van der Waals surface area contributed by atoms with E-state index in [9.17, 15) is 20.1 Å². The SMILES string of the molecule is COc1cc2c(cc1OC(C)C)[C@H](c1ccc(Cl)cc1)N(c1ccc(C(C)(O)C3CCN(C[C@@H](O)CO)CC3)cc1)C(=O)C2. The molecule has 3 N–H and O–H groups in total. The molecule has 8 nitrogen and oxygen atoms in total. The van der Waals surface area contributed by atoms with E-state index < -0.39 is 17.7 Å². The van der Waals surface area contributed by atoms with E-state index in [2.05, 4.69) is 4.90 Å². The van der Waals surface area contributed by atoms with Gasteiger partial charge in [0.2, 0.25) is 5.91 Å². The largest absolute Gasteiger partial charge is 0.493 e. The molecular formula is C35H43ClN2O6. The molecular weight excluding hydrogens is 580 g/mol. The van der Waals surface area contributed by atoms with E-state index in [1.807, 2.05) is 86.3 Å². The fourth-order valence-electron chi connectivity index (χ4n) is 6.56. The van der Waals surface area contributed by atoms with E-state index in [-0.39, 0.29) is 31.0 Å². The van der Waals surface area contributed by atoms with Crippen molar-refractivity contribution < 1.29 is 29.6 Å². The molecule has 5 rings (SSSR count). The van der Waals surface area contributed by atoms with Crippen LogP contribution in [0, 0.1) is 5.92 Å². The monoisotopic (exact) mass is 622 g/mol. The third-order valence-electron chi connectivity index (χ3n) is 8.93. The number of halogens is 1. The highest BCUT2D eigenvalue weighted by atomic mass is 35.5. The van der Waals surface area contributed by atoms with Crippen LogP contribution in [0.25, 0.3) is 0 Å². The van der Waals surface area contributed by atoms with Crippen LogP contribution in [0.2, 0.25) is 5.02 Å². The molecule has 1 amide bonds. The minimum atomic E-state index is -1.06. The number of amides is 1. The van der Waals surface area contributed by atoms with Crippen LogP contribution in [0.4, 0.5) is 5.69 Å². The van der Waals surface area contributed by atoms with E-state index in [0.29, 0.717) is 23.1 Å². The average Bonchev–Trinajstić information content (AvgIpc) is 3.01. The minimum absolute atomic E-state index is 0.0375. The molecule has 1 unspecified atom stereocenters. The van der Waals surface area contributed by atoms with Crippen LogP contribution in [0.1, 0.15) is 61.9 Å². The molecule has 44 heavy (non-hydrogen) atoms. The summed E-state index contributed by atoms with van der Waals surface area (Å²) in [5.41, 5.74) is 3.22. The van der Waals surface area contributed by atoms with Gasteiger partial charge in [0.1, 0.15) is 0 Å². The van der Waals surface area contributed by atoms with Crippen LogP contribution in [-0.2, 0) is 16.8 Å². The van der Waals surface area contributed by atoms with Crippen LogP contribution in [0.5, 0.6) is 11.5 Å². The lowest BCUT2D eigenvalue weighted by atomic mass is 9.77. The van der Waals surface area contributed by atoms with Gasteiger partial charge >= 0.3 is 0 Å². The predicted molar refractivity (Wildman–Crippen MR) is 172 cm³/mol. The molecule has 0 saturated carbocycles. The third kappa shape index (κ3) is 6.75. The van der Waals surface area contributed by atoms with E-state index in [4.69, 9.17) is 21.1 Å². The summed E-state index contributed by atoms with van der Waals surface area (Å²) in [4.78, 5) is 17.8. The van der Waals surface area contributed by atoms with Crippen LogP contribution in [-0.4, -0.2) is 71.7 Å². The van der Waals surface area contributed by atoms with Crippen molar-refractivity contribution in [3.63, 3.8) is 0 Å².